The molecule has 0 saturated heterocycles. The maximum Gasteiger partial charge on any atom is 0.338 e. The Morgan fingerprint density at radius 1 is 1.12 bits per heavy atom. The van der Waals surface area contributed by atoms with Crippen molar-refractivity contribution in [3.05, 3.63) is 58.4 Å². The maximum atomic E-state index is 13.5. The fraction of sp³-hybridized carbons (Fsp3) is 0. The van der Waals surface area contributed by atoms with Crippen molar-refractivity contribution in [3.63, 3.8) is 0 Å². The van der Waals surface area contributed by atoms with Gasteiger partial charge in [-0.1, -0.05) is 23.7 Å². The van der Waals surface area contributed by atoms with E-state index < -0.39 is 43.2 Å². The van der Waals surface area contributed by atoms with Crippen LogP contribution >= 0.6 is 11.6 Å². The minimum atomic E-state index is -4.51. The van der Waals surface area contributed by atoms with Crippen molar-refractivity contribution in [2.75, 3.05) is 0 Å². The molecule has 2 aromatic rings. The predicted molar refractivity (Wildman–Crippen MR) is 84.3 cm³/mol. The Bertz CT molecular complexity index is 964. The van der Waals surface area contributed by atoms with E-state index in [0.29, 0.717) is 12.1 Å². The van der Waals surface area contributed by atoms with Crippen molar-refractivity contribution in [2.24, 2.45) is 0 Å². The van der Waals surface area contributed by atoms with Gasteiger partial charge in [-0.25, -0.2) is 17.6 Å². The van der Waals surface area contributed by atoms with Crippen LogP contribution < -0.4 is 10.3 Å². The molecule has 0 unspecified atom stereocenters. The molecule has 0 heterocycles. The van der Waals surface area contributed by atoms with Crippen LogP contribution in [0.2, 0.25) is 5.02 Å². The van der Waals surface area contributed by atoms with Gasteiger partial charge in [0.05, 0.1) is 16.1 Å². The molecule has 1 amide bonds. The van der Waals surface area contributed by atoms with Crippen molar-refractivity contribution in [1.82, 2.24) is 10.3 Å². The molecule has 25 heavy (non-hydrogen) atoms. The van der Waals surface area contributed by atoms with Gasteiger partial charge in [-0.2, -0.15) is 0 Å². The first-order valence-electron chi connectivity index (χ1n) is 6.46. The van der Waals surface area contributed by atoms with Crippen molar-refractivity contribution < 1.29 is 32.6 Å². The lowest BCUT2D eigenvalue weighted by Crippen LogP contribution is -2.41. The number of halogens is 2. The molecule has 0 saturated carbocycles. The number of para-hydroxylation sites is 1. The molecule has 0 aliphatic rings. The third-order valence-corrected chi connectivity index (χ3v) is 4.70. The van der Waals surface area contributed by atoms with E-state index in [2.05, 4.69) is 0 Å². The van der Waals surface area contributed by atoms with E-state index in [0.717, 1.165) is 0 Å². The third kappa shape index (κ3) is 4.05. The van der Waals surface area contributed by atoms with Gasteiger partial charge in [0, 0.05) is 0 Å². The number of hydrogen-bond acceptors (Lipinski definition) is 5. The van der Waals surface area contributed by atoms with Gasteiger partial charge in [0.2, 0.25) is 0 Å². The van der Waals surface area contributed by atoms with Gasteiger partial charge in [-0.15, -0.1) is 4.83 Å². The average molecular weight is 389 g/mol. The highest BCUT2D eigenvalue weighted by Gasteiger charge is 2.24. The Balaban J connectivity index is 2.28. The van der Waals surface area contributed by atoms with E-state index in [4.69, 9.17) is 16.7 Å². The summed E-state index contributed by atoms with van der Waals surface area (Å²) < 4.78 is 37.8. The highest BCUT2D eigenvalue weighted by atomic mass is 35.5. The summed E-state index contributed by atoms with van der Waals surface area (Å²) in [6.45, 7) is 0. The third-order valence-electron chi connectivity index (χ3n) is 2.99. The molecule has 2 rings (SSSR count). The quantitative estimate of drug-likeness (QED) is 0.574. The normalized spacial score (nSPS) is 11.1. The number of phenolic OH excluding ortho intramolecular Hbond substituents is 1. The summed E-state index contributed by atoms with van der Waals surface area (Å²) in [5.41, 5.74) is 0.720. The van der Waals surface area contributed by atoms with Crippen LogP contribution in [0.4, 0.5) is 4.39 Å². The van der Waals surface area contributed by atoms with Gasteiger partial charge in [0.1, 0.15) is 16.5 Å². The largest absolute Gasteiger partial charge is 0.507 e. The number of hydrogen-bond donors (Lipinski definition) is 4. The van der Waals surface area contributed by atoms with E-state index in [1.165, 1.54) is 24.3 Å². The molecule has 2 aromatic carbocycles. The second kappa shape index (κ2) is 7.05. The van der Waals surface area contributed by atoms with Crippen LogP contribution in [0.15, 0.2) is 41.3 Å². The lowest BCUT2D eigenvalue weighted by atomic mass is 10.2. The zero-order valence-electron chi connectivity index (χ0n) is 12.2. The minimum Gasteiger partial charge on any atom is -0.507 e. The molecular formula is C14H10ClFN2O6S. The number of amides is 1. The average Bonchev–Trinajstić information content (AvgIpc) is 2.52. The smallest absolute Gasteiger partial charge is 0.338 e. The molecule has 0 radical (unpaired) electrons. The first-order valence-corrected chi connectivity index (χ1v) is 8.32. The van der Waals surface area contributed by atoms with E-state index in [9.17, 15) is 27.5 Å². The minimum absolute atomic E-state index is 0.207. The number of nitrogens with one attached hydrogen (secondary N) is 2. The SMILES string of the molecule is O=C(NNS(=O)(=O)c1cc(C(=O)O)c(F)cc1Cl)c1ccccc1O. The van der Waals surface area contributed by atoms with Crippen molar-refractivity contribution in [3.8, 4) is 5.75 Å². The summed E-state index contributed by atoms with van der Waals surface area (Å²) in [5.74, 6) is -4.26. The second-order valence-electron chi connectivity index (χ2n) is 4.64. The summed E-state index contributed by atoms with van der Waals surface area (Å²) in [6, 6.07) is 6.42. The monoisotopic (exact) mass is 388 g/mol. The summed E-state index contributed by atoms with van der Waals surface area (Å²) >= 11 is 5.64. The number of rotatable bonds is 5. The van der Waals surface area contributed by atoms with Crippen LogP contribution in [0.25, 0.3) is 0 Å². The van der Waals surface area contributed by atoms with Crippen LogP contribution in [0.5, 0.6) is 5.75 Å². The van der Waals surface area contributed by atoms with Crippen LogP contribution in [-0.4, -0.2) is 30.5 Å². The molecule has 0 spiro atoms. The van der Waals surface area contributed by atoms with Gasteiger partial charge in [-0.3, -0.25) is 10.2 Å². The van der Waals surface area contributed by atoms with Gasteiger partial charge >= 0.3 is 5.97 Å². The molecule has 132 valence electrons. The number of sulfonamides is 1. The number of carboxylic acid groups (broad SMARTS) is 1. The molecule has 0 aliphatic heterocycles. The maximum absolute atomic E-state index is 13.5. The summed E-state index contributed by atoms with van der Waals surface area (Å²) in [5, 5.41) is 17.8. The molecule has 0 bridgehead atoms. The van der Waals surface area contributed by atoms with Gasteiger partial charge < -0.3 is 10.2 Å². The molecule has 4 N–H and O–H groups in total. The van der Waals surface area contributed by atoms with Crippen molar-refractivity contribution >= 4 is 33.5 Å². The Labute approximate surface area is 145 Å². The number of aromatic hydroxyl groups is 1. The summed E-state index contributed by atoms with van der Waals surface area (Å²) in [6.07, 6.45) is 0. The molecule has 0 fully saturated rings. The number of benzene rings is 2. The van der Waals surface area contributed by atoms with Gasteiger partial charge in [0.15, 0.2) is 0 Å². The number of hydrazine groups is 1. The standard InChI is InChI=1S/C14H10ClFN2O6S/c15-9-6-10(16)8(14(21)22)5-12(9)25(23,24)18-17-13(20)7-3-1-2-4-11(7)19/h1-6,18-19H,(H,17,20)(H,21,22). The van der Waals surface area contributed by atoms with E-state index in [1.807, 2.05) is 5.43 Å². The van der Waals surface area contributed by atoms with Crippen LogP contribution in [-0.2, 0) is 10.0 Å². The molecule has 0 aliphatic carbocycles. The summed E-state index contributed by atoms with van der Waals surface area (Å²) in [7, 11) is -4.51. The first-order chi connectivity index (χ1) is 11.6. The van der Waals surface area contributed by atoms with Crippen molar-refractivity contribution in [2.45, 2.75) is 4.90 Å². The summed E-state index contributed by atoms with van der Waals surface area (Å²) in [4.78, 5) is 23.7. The Hall–Kier alpha value is -2.69. The number of carbonyl (C=O) groups is 2. The lowest BCUT2D eigenvalue weighted by Gasteiger charge is -2.11. The Kier molecular flexibility index (Phi) is 5.26. The van der Waals surface area contributed by atoms with E-state index in [-0.39, 0.29) is 11.3 Å². The highest BCUT2D eigenvalue weighted by Crippen LogP contribution is 2.25. The number of carbonyl (C=O) groups excluding carboxylic acids is 1. The molecule has 0 aromatic heterocycles. The Morgan fingerprint density at radius 3 is 2.36 bits per heavy atom. The topological polar surface area (TPSA) is 133 Å². The molecule has 8 nitrogen and oxygen atoms in total. The predicted octanol–water partition coefficient (Wildman–Crippen LogP) is 1.51. The zero-order chi connectivity index (χ0) is 18.8. The van der Waals surface area contributed by atoms with E-state index in [1.54, 1.807) is 4.83 Å². The second-order valence-corrected chi connectivity index (χ2v) is 6.70. The lowest BCUT2D eigenvalue weighted by molar-refractivity contribution is 0.0691. The van der Waals surface area contributed by atoms with Gasteiger partial charge in [-0.05, 0) is 24.3 Å². The fourth-order valence-corrected chi connectivity index (χ4v) is 3.18. The molecule has 0 atom stereocenters. The first kappa shape index (κ1) is 18.6. The molecule has 11 heteroatoms. The van der Waals surface area contributed by atoms with Crippen LogP contribution in [0.1, 0.15) is 20.7 Å². The number of phenols is 1. The number of aromatic carboxylic acids is 1. The van der Waals surface area contributed by atoms with Crippen LogP contribution in [0.3, 0.4) is 0 Å². The fourth-order valence-electron chi connectivity index (χ4n) is 1.80. The van der Waals surface area contributed by atoms with Crippen molar-refractivity contribution in [1.29, 1.82) is 0 Å². The zero-order valence-corrected chi connectivity index (χ0v) is 13.7. The number of carboxylic acids is 1. The van der Waals surface area contributed by atoms with Crippen LogP contribution in [0, 0.1) is 5.82 Å². The van der Waals surface area contributed by atoms with Gasteiger partial charge in [0.25, 0.3) is 15.9 Å². The Morgan fingerprint density at radius 2 is 1.76 bits per heavy atom. The van der Waals surface area contributed by atoms with E-state index >= 15 is 0 Å². The highest BCUT2D eigenvalue weighted by molar-refractivity contribution is 7.89. The molecular weight excluding hydrogens is 379 g/mol.